The quantitative estimate of drug-likeness (QED) is 0.884. The summed E-state index contributed by atoms with van der Waals surface area (Å²) in [6.45, 7) is 11.5. The summed E-state index contributed by atoms with van der Waals surface area (Å²) < 4.78 is 2.34. The number of hydrogen-bond donors (Lipinski definition) is 1. The van der Waals surface area contributed by atoms with Crippen LogP contribution in [0, 0.1) is 5.92 Å². The third kappa shape index (κ3) is 3.37. The number of aromatic nitrogens is 2. The number of rotatable bonds is 5. The summed E-state index contributed by atoms with van der Waals surface area (Å²) in [5.74, 6) is 0.795. The minimum Gasteiger partial charge on any atom is -0.333 e. The first-order valence-electron chi connectivity index (χ1n) is 7.48. The van der Waals surface area contributed by atoms with Gasteiger partial charge in [0.2, 0.25) is 0 Å². The molecule has 0 spiro atoms. The van der Waals surface area contributed by atoms with Gasteiger partial charge in [-0.05, 0) is 59.3 Å². The van der Waals surface area contributed by atoms with Crippen molar-refractivity contribution in [1.29, 1.82) is 0 Å². The first-order valence-corrected chi connectivity index (χ1v) is 7.48. The molecule has 2 rings (SSSR count). The Labute approximate surface area is 117 Å². The second kappa shape index (κ2) is 6.06. The SMILES string of the molecule is CCN1CCC(Cn2cncc2C(C)(C)NC)CC1. The van der Waals surface area contributed by atoms with Crippen molar-refractivity contribution in [2.45, 2.75) is 45.7 Å². The first kappa shape index (κ1) is 14.5. The molecule has 1 saturated heterocycles. The van der Waals surface area contributed by atoms with Crippen LogP contribution in [0.4, 0.5) is 0 Å². The Morgan fingerprint density at radius 2 is 2.05 bits per heavy atom. The molecule has 2 heterocycles. The minimum atomic E-state index is -0.0133. The van der Waals surface area contributed by atoms with E-state index >= 15 is 0 Å². The normalized spacial score (nSPS) is 18.9. The largest absolute Gasteiger partial charge is 0.333 e. The van der Waals surface area contributed by atoms with Crippen LogP contribution in [-0.4, -0.2) is 41.1 Å². The van der Waals surface area contributed by atoms with E-state index in [0.29, 0.717) is 0 Å². The molecular weight excluding hydrogens is 236 g/mol. The zero-order chi connectivity index (χ0) is 13.9. The van der Waals surface area contributed by atoms with Gasteiger partial charge in [-0.1, -0.05) is 6.92 Å². The average Bonchev–Trinajstić information content (AvgIpc) is 2.88. The van der Waals surface area contributed by atoms with E-state index in [1.165, 1.54) is 38.2 Å². The summed E-state index contributed by atoms with van der Waals surface area (Å²) in [5, 5.41) is 3.37. The summed E-state index contributed by atoms with van der Waals surface area (Å²) in [5.41, 5.74) is 1.27. The van der Waals surface area contributed by atoms with Crippen molar-refractivity contribution in [1.82, 2.24) is 19.8 Å². The van der Waals surface area contributed by atoms with Gasteiger partial charge >= 0.3 is 0 Å². The van der Waals surface area contributed by atoms with Crippen molar-refractivity contribution < 1.29 is 0 Å². The van der Waals surface area contributed by atoms with Crippen molar-refractivity contribution in [3.63, 3.8) is 0 Å². The van der Waals surface area contributed by atoms with Gasteiger partial charge in [-0.2, -0.15) is 0 Å². The zero-order valence-electron chi connectivity index (χ0n) is 12.8. The summed E-state index contributed by atoms with van der Waals surface area (Å²) in [6.07, 6.45) is 6.61. The van der Waals surface area contributed by atoms with Crippen LogP contribution in [0.5, 0.6) is 0 Å². The molecule has 1 aliphatic rings. The fourth-order valence-corrected chi connectivity index (χ4v) is 2.88. The maximum absolute atomic E-state index is 4.35. The number of hydrogen-bond acceptors (Lipinski definition) is 3. The number of nitrogens with zero attached hydrogens (tertiary/aromatic N) is 3. The lowest BCUT2D eigenvalue weighted by molar-refractivity contribution is 0.179. The highest BCUT2D eigenvalue weighted by molar-refractivity contribution is 5.11. The molecule has 0 aliphatic carbocycles. The van der Waals surface area contributed by atoms with E-state index in [-0.39, 0.29) is 5.54 Å². The molecule has 0 radical (unpaired) electrons. The van der Waals surface area contributed by atoms with Gasteiger partial charge in [-0.15, -0.1) is 0 Å². The molecule has 1 aromatic rings. The predicted molar refractivity (Wildman–Crippen MR) is 79.2 cm³/mol. The van der Waals surface area contributed by atoms with Crippen LogP contribution >= 0.6 is 0 Å². The molecule has 1 aliphatic heterocycles. The van der Waals surface area contributed by atoms with Crippen molar-refractivity contribution in [3.8, 4) is 0 Å². The van der Waals surface area contributed by atoms with Crippen molar-refractivity contribution >= 4 is 0 Å². The Morgan fingerprint density at radius 3 is 2.63 bits per heavy atom. The molecule has 19 heavy (non-hydrogen) atoms. The average molecular weight is 264 g/mol. The molecule has 4 heteroatoms. The molecule has 0 saturated carbocycles. The van der Waals surface area contributed by atoms with Gasteiger partial charge in [0.1, 0.15) is 0 Å². The molecule has 0 bridgehead atoms. The van der Waals surface area contributed by atoms with Crippen LogP contribution in [-0.2, 0) is 12.1 Å². The molecule has 0 aromatic carbocycles. The third-order valence-corrected chi connectivity index (χ3v) is 4.59. The first-order chi connectivity index (χ1) is 9.06. The van der Waals surface area contributed by atoms with Crippen LogP contribution in [0.2, 0.25) is 0 Å². The number of piperidine rings is 1. The van der Waals surface area contributed by atoms with Crippen LogP contribution in [0.15, 0.2) is 12.5 Å². The molecule has 1 N–H and O–H groups in total. The summed E-state index contributed by atoms with van der Waals surface area (Å²) in [4.78, 5) is 6.89. The van der Waals surface area contributed by atoms with Crippen LogP contribution < -0.4 is 5.32 Å². The van der Waals surface area contributed by atoms with Gasteiger partial charge in [0.25, 0.3) is 0 Å². The molecule has 0 amide bonds. The van der Waals surface area contributed by atoms with E-state index in [1.54, 1.807) is 0 Å². The standard InChI is InChI=1S/C15H28N4/c1-5-18-8-6-13(7-9-18)11-19-12-17-10-14(19)15(2,3)16-4/h10,12-13,16H,5-9,11H2,1-4H3. The summed E-state index contributed by atoms with van der Waals surface area (Å²) in [7, 11) is 2.01. The van der Waals surface area contributed by atoms with E-state index < -0.39 is 0 Å². The molecule has 0 atom stereocenters. The van der Waals surface area contributed by atoms with E-state index in [1.807, 2.05) is 19.6 Å². The Bertz CT molecular complexity index is 389. The van der Waals surface area contributed by atoms with E-state index in [9.17, 15) is 0 Å². The van der Waals surface area contributed by atoms with Gasteiger partial charge in [-0.3, -0.25) is 0 Å². The van der Waals surface area contributed by atoms with E-state index in [0.717, 1.165) is 12.5 Å². The van der Waals surface area contributed by atoms with Crippen molar-refractivity contribution in [3.05, 3.63) is 18.2 Å². The maximum atomic E-state index is 4.35. The molecule has 108 valence electrons. The second-order valence-electron chi connectivity index (χ2n) is 6.18. The second-order valence-corrected chi connectivity index (χ2v) is 6.18. The van der Waals surface area contributed by atoms with E-state index in [2.05, 4.69) is 40.5 Å². The highest BCUT2D eigenvalue weighted by atomic mass is 15.1. The van der Waals surface area contributed by atoms with Crippen LogP contribution in [0.1, 0.15) is 39.3 Å². The van der Waals surface area contributed by atoms with E-state index in [4.69, 9.17) is 0 Å². The number of nitrogens with one attached hydrogen (secondary N) is 1. The fraction of sp³-hybridized carbons (Fsp3) is 0.800. The topological polar surface area (TPSA) is 33.1 Å². The third-order valence-electron chi connectivity index (χ3n) is 4.59. The minimum absolute atomic E-state index is 0.0133. The Hall–Kier alpha value is -0.870. The maximum Gasteiger partial charge on any atom is 0.0948 e. The smallest absolute Gasteiger partial charge is 0.0948 e. The van der Waals surface area contributed by atoms with Gasteiger partial charge in [-0.25, -0.2) is 4.98 Å². The highest BCUT2D eigenvalue weighted by Gasteiger charge is 2.24. The van der Waals surface area contributed by atoms with Gasteiger partial charge in [0.15, 0.2) is 0 Å². The van der Waals surface area contributed by atoms with Crippen molar-refractivity contribution in [2.24, 2.45) is 5.92 Å². The molecule has 1 aromatic heterocycles. The molecular formula is C15H28N4. The van der Waals surface area contributed by atoms with Crippen LogP contribution in [0.25, 0.3) is 0 Å². The Balaban J connectivity index is 1.99. The summed E-state index contributed by atoms with van der Waals surface area (Å²) >= 11 is 0. The lowest BCUT2D eigenvalue weighted by Gasteiger charge is -2.32. The van der Waals surface area contributed by atoms with Crippen molar-refractivity contribution in [2.75, 3.05) is 26.7 Å². The molecule has 0 unspecified atom stereocenters. The molecule has 4 nitrogen and oxygen atoms in total. The lowest BCUT2D eigenvalue weighted by atomic mass is 9.95. The highest BCUT2D eigenvalue weighted by Crippen LogP contribution is 2.23. The van der Waals surface area contributed by atoms with Crippen LogP contribution in [0.3, 0.4) is 0 Å². The van der Waals surface area contributed by atoms with Gasteiger partial charge in [0, 0.05) is 12.7 Å². The van der Waals surface area contributed by atoms with Gasteiger partial charge in [0.05, 0.1) is 17.6 Å². The zero-order valence-corrected chi connectivity index (χ0v) is 12.8. The predicted octanol–water partition coefficient (Wildman–Crippen LogP) is 2.07. The lowest BCUT2D eigenvalue weighted by Crippen LogP contribution is -2.37. The monoisotopic (exact) mass is 264 g/mol. The fourth-order valence-electron chi connectivity index (χ4n) is 2.88. The Kier molecular flexibility index (Phi) is 4.63. The molecule has 1 fully saturated rings. The Morgan fingerprint density at radius 1 is 1.37 bits per heavy atom. The summed E-state index contributed by atoms with van der Waals surface area (Å²) in [6, 6.07) is 0. The number of imidazole rings is 1. The number of likely N-dealkylation sites (tertiary alicyclic amines) is 1. The van der Waals surface area contributed by atoms with Gasteiger partial charge < -0.3 is 14.8 Å².